The number of thiazole rings is 1. The maximum absolute atomic E-state index is 11.8. The lowest BCUT2D eigenvalue weighted by Crippen LogP contribution is -2.50. The Morgan fingerprint density at radius 3 is 2.67 bits per heavy atom. The summed E-state index contributed by atoms with van der Waals surface area (Å²) in [4.78, 5) is 26.0. The molecule has 0 atom stereocenters. The molecular weight excluding hydrogens is 475 g/mol. The van der Waals surface area contributed by atoms with Crippen LogP contribution in [-0.4, -0.2) is 79.5 Å². The third-order valence-corrected chi connectivity index (χ3v) is 5.37. The van der Waals surface area contributed by atoms with Crippen LogP contribution >= 0.6 is 35.3 Å². The number of piperidine rings is 1. The van der Waals surface area contributed by atoms with Crippen molar-refractivity contribution in [3.05, 3.63) is 16.1 Å². The van der Waals surface area contributed by atoms with Gasteiger partial charge in [-0.2, -0.15) is 0 Å². The van der Waals surface area contributed by atoms with Gasteiger partial charge in [-0.3, -0.25) is 14.7 Å². The Labute approximate surface area is 184 Å². The summed E-state index contributed by atoms with van der Waals surface area (Å²) in [5.74, 6) is 1.05. The fourth-order valence-corrected chi connectivity index (χ4v) is 3.64. The second-order valence-electron chi connectivity index (χ2n) is 6.86. The first-order valence-electron chi connectivity index (χ1n) is 9.36. The number of amides is 1. The summed E-state index contributed by atoms with van der Waals surface area (Å²) in [6.45, 7) is 8.13. The van der Waals surface area contributed by atoms with Gasteiger partial charge in [-0.15, -0.1) is 35.3 Å². The van der Waals surface area contributed by atoms with Gasteiger partial charge in [0.2, 0.25) is 5.91 Å². The molecule has 1 aromatic rings. The van der Waals surface area contributed by atoms with Crippen molar-refractivity contribution < 1.29 is 4.79 Å². The maximum atomic E-state index is 11.8. The molecule has 0 saturated carbocycles. The molecule has 0 unspecified atom stereocenters. The molecule has 1 aromatic heterocycles. The molecule has 2 heterocycles. The number of aromatic nitrogens is 1. The number of carbonyl (C=O) groups excluding carboxylic acids is 1. The number of nitrogens with zero attached hydrogens (tertiary/aromatic N) is 4. The van der Waals surface area contributed by atoms with Gasteiger partial charge >= 0.3 is 0 Å². The van der Waals surface area contributed by atoms with Crippen LogP contribution in [0, 0.1) is 6.92 Å². The maximum Gasteiger partial charge on any atom is 0.236 e. The van der Waals surface area contributed by atoms with Crippen molar-refractivity contribution in [3.8, 4) is 0 Å². The summed E-state index contributed by atoms with van der Waals surface area (Å²) in [6, 6.07) is 0.403. The topological polar surface area (TPSA) is 72.9 Å². The smallest absolute Gasteiger partial charge is 0.236 e. The monoisotopic (exact) mass is 508 g/mol. The normalized spacial score (nSPS) is 15.9. The Hall–Kier alpha value is -0.940. The molecule has 2 N–H and O–H groups in total. The van der Waals surface area contributed by atoms with Crippen LogP contribution in [0.15, 0.2) is 11.2 Å². The summed E-state index contributed by atoms with van der Waals surface area (Å²) in [7, 11) is 3.62. The van der Waals surface area contributed by atoms with E-state index < -0.39 is 0 Å². The van der Waals surface area contributed by atoms with Crippen molar-refractivity contribution in [3.63, 3.8) is 0 Å². The van der Waals surface area contributed by atoms with E-state index in [2.05, 4.69) is 39.4 Å². The summed E-state index contributed by atoms with van der Waals surface area (Å²) >= 11 is 1.74. The number of halogens is 1. The van der Waals surface area contributed by atoms with Crippen LogP contribution in [0.2, 0.25) is 0 Å². The summed E-state index contributed by atoms with van der Waals surface area (Å²) < 4.78 is 0. The molecule has 1 saturated heterocycles. The molecule has 0 spiro atoms. The molecular formula is C18H33IN6OS. The number of aryl methyl sites for hydroxylation is 1. The summed E-state index contributed by atoms with van der Waals surface area (Å²) in [5.41, 5.74) is 0. The van der Waals surface area contributed by atoms with E-state index in [0.717, 1.165) is 56.4 Å². The Bertz CT molecular complexity index is 598. The quantitative estimate of drug-likeness (QED) is 0.334. The number of hydrogen-bond donors (Lipinski definition) is 2. The number of aliphatic imine (C=N–C) groups is 1. The zero-order valence-corrected chi connectivity index (χ0v) is 20.0. The lowest BCUT2D eigenvalue weighted by molar-refractivity contribution is -0.130. The van der Waals surface area contributed by atoms with Gasteiger partial charge in [0.25, 0.3) is 0 Å². The first-order valence-corrected chi connectivity index (χ1v) is 10.2. The molecule has 0 radical (unpaired) electrons. The first-order chi connectivity index (χ1) is 12.5. The van der Waals surface area contributed by atoms with Gasteiger partial charge in [-0.05, 0) is 26.7 Å². The van der Waals surface area contributed by atoms with Crippen molar-refractivity contribution in [1.82, 2.24) is 25.4 Å². The molecule has 154 valence electrons. The molecule has 7 nitrogen and oxygen atoms in total. The van der Waals surface area contributed by atoms with Gasteiger partial charge in [-0.1, -0.05) is 0 Å². The average Bonchev–Trinajstić information content (AvgIpc) is 3.02. The third-order valence-electron chi connectivity index (χ3n) is 4.40. The van der Waals surface area contributed by atoms with Gasteiger partial charge in [-0.25, -0.2) is 4.98 Å². The minimum Gasteiger partial charge on any atom is -0.357 e. The largest absolute Gasteiger partial charge is 0.357 e. The average molecular weight is 508 g/mol. The zero-order valence-electron chi connectivity index (χ0n) is 16.8. The number of carbonyl (C=O) groups is 1. The van der Waals surface area contributed by atoms with E-state index in [1.807, 2.05) is 20.3 Å². The lowest BCUT2D eigenvalue weighted by atomic mass is 10.1. The number of nitrogens with one attached hydrogen (secondary N) is 2. The molecule has 1 aliphatic heterocycles. The molecule has 1 amide bonds. The lowest BCUT2D eigenvalue weighted by Gasteiger charge is -2.33. The van der Waals surface area contributed by atoms with Gasteiger partial charge in [0, 0.05) is 63.8 Å². The second-order valence-corrected chi connectivity index (χ2v) is 8.18. The van der Waals surface area contributed by atoms with E-state index in [9.17, 15) is 4.79 Å². The SMILES string of the molecule is CCNC(=NCCc1ncc(C)s1)NC1CCN(CC(=O)N(C)C)CC1.I. The number of likely N-dealkylation sites (tertiary alicyclic amines) is 1. The van der Waals surface area contributed by atoms with Crippen molar-refractivity contribution >= 4 is 47.2 Å². The number of likely N-dealkylation sites (N-methyl/N-ethyl adjacent to an activating group) is 1. The molecule has 1 fully saturated rings. The number of hydrogen-bond acceptors (Lipinski definition) is 5. The number of guanidine groups is 1. The Kier molecular flexibility index (Phi) is 11.2. The second kappa shape index (κ2) is 12.5. The first kappa shape index (κ1) is 24.1. The van der Waals surface area contributed by atoms with Crippen LogP contribution in [0.25, 0.3) is 0 Å². The van der Waals surface area contributed by atoms with Crippen LogP contribution in [0.1, 0.15) is 29.7 Å². The highest BCUT2D eigenvalue weighted by atomic mass is 127. The van der Waals surface area contributed by atoms with Crippen LogP contribution < -0.4 is 10.6 Å². The predicted molar refractivity (Wildman–Crippen MR) is 123 cm³/mol. The highest BCUT2D eigenvalue weighted by molar-refractivity contribution is 14.0. The van der Waals surface area contributed by atoms with Crippen LogP contribution in [0.5, 0.6) is 0 Å². The fourth-order valence-electron chi connectivity index (χ4n) is 2.86. The third kappa shape index (κ3) is 8.73. The molecule has 9 heteroatoms. The predicted octanol–water partition coefficient (Wildman–Crippen LogP) is 1.72. The highest BCUT2D eigenvalue weighted by Crippen LogP contribution is 2.12. The van der Waals surface area contributed by atoms with E-state index in [4.69, 9.17) is 0 Å². The van der Waals surface area contributed by atoms with Gasteiger partial charge < -0.3 is 15.5 Å². The molecule has 0 aliphatic carbocycles. The zero-order chi connectivity index (χ0) is 18.9. The van der Waals surface area contributed by atoms with Gasteiger partial charge in [0.1, 0.15) is 0 Å². The Morgan fingerprint density at radius 1 is 1.41 bits per heavy atom. The van der Waals surface area contributed by atoms with E-state index in [1.165, 1.54) is 4.88 Å². The van der Waals surface area contributed by atoms with Crippen molar-refractivity contribution in [2.75, 3.05) is 46.8 Å². The fraction of sp³-hybridized carbons (Fsp3) is 0.722. The van der Waals surface area contributed by atoms with Crippen LogP contribution in [-0.2, 0) is 11.2 Å². The van der Waals surface area contributed by atoms with E-state index >= 15 is 0 Å². The minimum atomic E-state index is 0. The van der Waals surface area contributed by atoms with E-state index in [-0.39, 0.29) is 29.9 Å². The molecule has 2 rings (SSSR count). The molecule has 1 aliphatic rings. The minimum absolute atomic E-state index is 0. The number of rotatable bonds is 7. The van der Waals surface area contributed by atoms with E-state index in [0.29, 0.717) is 12.6 Å². The molecule has 0 aromatic carbocycles. The summed E-state index contributed by atoms with van der Waals surface area (Å²) in [5, 5.41) is 8.01. The standard InChI is InChI=1S/C18H32N6OS.HI/c1-5-19-18(20-9-6-16-21-12-14(2)26-16)22-15-7-10-24(11-8-15)13-17(25)23(3)4;/h12,15H,5-11,13H2,1-4H3,(H2,19,20,22);1H. The van der Waals surface area contributed by atoms with E-state index in [1.54, 1.807) is 16.2 Å². The van der Waals surface area contributed by atoms with Crippen LogP contribution in [0.3, 0.4) is 0 Å². The molecule has 27 heavy (non-hydrogen) atoms. The Morgan fingerprint density at radius 2 is 2.11 bits per heavy atom. The van der Waals surface area contributed by atoms with Crippen molar-refractivity contribution in [2.45, 2.75) is 39.2 Å². The molecule has 0 bridgehead atoms. The van der Waals surface area contributed by atoms with Crippen molar-refractivity contribution in [2.24, 2.45) is 4.99 Å². The summed E-state index contributed by atoms with van der Waals surface area (Å²) in [6.07, 6.45) is 4.84. The Balaban J connectivity index is 0.00000364. The van der Waals surface area contributed by atoms with Crippen molar-refractivity contribution in [1.29, 1.82) is 0 Å². The van der Waals surface area contributed by atoms with Gasteiger partial charge in [0.05, 0.1) is 11.6 Å². The van der Waals surface area contributed by atoms with Crippen LogP contribution in [0.4, 0.5) is 0 Å². The highest BCUT2D eigenvalue weighted by Gasteiger charge is 2.21. The van der Waals surface area contributed by atoms with Gasteiger partial charge in [0.15, 0.2) is 5.96 Å².